The molecule has 0 aromatic carbocycles. The zero-order valence-corrected chi connectivity index (χ0v) is 7.89. The summed E-state index contributed by atoms with van der Waals surface area (Å²) in [5.74, 6) is 2.79. The van der Waals surface area contributed by atoms with Gasteiger partial charge in [-0.3, -0.25) is 0 Å². The van der Waals surface area contributed by atoms with E-state index in [4.69, 9.17) is 11.2 Å². The smallest absolute Gasteiger partial charge is 0.131 e. The number of hydrogen-bond donors (Lipinski definition) is 1. The number of rotatable bonds is 2. The first kappa shape index (κ1) is 9.57. The van der Waals surface area contributed by atoms with Gasteiger partial charge in [-0.25, -0.2) is 0 Å². The summed E-state index contributed by atoms with van der Waals surface area (Å²) in [7, 11) is 0. The molecule has 1 fully saturated rings. The van der Waals surface area contributed by atoms with Crippen molar-refractivity contribution in [2.75, 3.05) is 13.1 Å². The molecule has 0 aromatic heterocycles. The third-order valence-electron chi connectivity index (χ3n) is 2.14. The van der Waals surface area contributed by atoms with Crippen LogP contribution < -0.4 is 5.32 Å². The summed E-state index contributed by atoms with van der Waals surface area (Å²) < 4.78 is 5.75. The second kappa shape index (κ2) is 3.93. The molecular weight excluding hydrogens is 150 g/mol. The molecule has 2 nitrogen and oxygen atoms in total. The average Bonchev–Trinajstić information content (AvgIpc) is 2.05. The van der Waals surface area contributed by atoms with Gasteiger partial charge >= 0.3 is 0 Å². The van der Waals surface area contributed by atoms with Gasteiger partial charge in [0.1, 0.15) is 5.60 Å². The molecule has 1 rings (SSSR count). The fourth-order valence-electron chi connectivity index (χ4n) is 1.58. The average molecular weight is 167 g/mol. The zero-order valence-electron chi connectivity index (χ0n) is 7.89. The first-order valence-electron chi connectivity index (χ1n) is 4.55. The van der Waals surface area contributed by atoms with Gasteiger partial charge in [0.25, 0.3) is 0 Å². The van der Waals surface area contributed by atoms with Crippen LogP contribution in [0.25, 0.3) is 0 Å². The largest absolute Gasteiger partial charge is 0.360 e. The fourth-order valence-corrected chi connectivity index (χ4v) is 1.58. The summed E-state index contributed by atoms with van der Waals surface area (Å²) in [5, 5.41) is 3.27. The standard InChI is InChI=1S/C10H17NO/c1-4-10(12-9(2)3)5-7-11-8-6-10/h1,9,11H,5-8H2,2-3H3. The number of nitrogens with one attached hydrogen (secondary N) is 1. The van der Waals surface area contributed by atoms with Crippen LogP contribution >= 0.6 is 0 Å². The van der Waals surface area contributed by atoms with Crippen LogP contribution in [0.3, 0.4) is 0 Å². The predicted molar refractivity (Wildman–Crippen MR) is 49.9 cm³/mol. The molecule has 0 aromatic rings. The number of ether oxygens (including phenoxy) is 1. The van der Waals surface area contributed by atoms with Gasteiger partial charge in [-0.2, -0.15) is 0 Å². The lowest BCUT2D eigenvalue weighted by atomic mass is 9.93. The lowest BCUT2D eigenvalue weighted by molar-refractivity contribution is -0.0570. The van der Waals surface area contributed by atoms with Gasteiger partial charge in [0.15, 0.2) is 0 Å². The van der Waals surface area contributed by atoms with Gasteiger partial charge < -0.3 is 10.1 Å². The highest BCUT2D eigenvalue weighted by Crippen LogP contribution is 2.23. The summed E-state index contributed by atoms with van der Waals surface area (Å²) in [6.45, 7) is 6.00. The Balaban J connectivity index is 2.55. The van der Waals surface area contributed by atoms with E-state index in [0.717, 1.165) is 25.9 Å². The predicted octanol–water partition coefficient (Wildman–Crippen LogP) is 1.17. The molecule has 0 radical (unpaired) electrons. The topological polar surface area (TPSA) is 21.3 Å². The Morgan fingerprint density at radius 1 is 1.42 bits per heavy atom. The molecule has 2 heteroatoms. The fraction of sp³-hybridized carbons (Fsp3) is 0.800. The summed E-state index contributed by atoms with van der Waals surface area (Å²) in [5.41, 5.74) is -0.292. The minimum Gasteiger partial charge on any atom is -0.360 e. The minimum atomic E-state index is -0.292. The van der Waals surface area contributed by atoms with Crippen LogP contribution in [0.4, 0.5) is 0 Å². The summed E-state index contributed by atoms with van der Waals surface area (Å²) in [4.78, 5) is 0. The van der Waals surface area contributed by atoms with Gasteiger partial charge in [0.05, 0.1) is 6.10 Å². The maximum Gasteiger partial charge on any atom is 0.131 e. The molecular formula is C10H17NO. The van der Waals surface area contributed by atoms with Crippen LogP contribution in [-0.2, 0) is 4.74 Å². The summed E-state index contributed by atoms with van der Waals surface area (Å²) in [6, 6.07) is 0. The van der Waals surface area contributed by atoms with Crippen molar-refractivity contribution < 1.29 is 4.74 Å². The van der Waals surface area contributed by atoms with Crippen molar-refractivity contribution in [3.05, 3.63) is 0 Å². The molecule has 68 valence electrons. The van der Waals surface area contributed by atoms with E-state index in [1.165, 1.54) is 0 Å². The van der Waals surface area contributed by atoms with E-state index in [-0.39, 0.29) is 11.7 Å². The second-order valence-corrected chi connectivity index (χ2v) is 3.56. The van der Waals surface area contributed by atoms with Crippen LogP contribution in [0, 0.1) is 12.3 Å². The van der Waals surface area contributed by atoms with Gasteiger partial charge in [-0.05, 0) is 26.9 Å². The molecule has 1 heterocycles. The van der Waals surface area contributed by atoms with E-state index in [9.17, 15) is 0 Å². The quantitative estimate of drug-likeness (QED) is 0.623. The van der Waals surface area contributed by atoms with Gasteiger partial charge in [-0.15, -0.1) is 6.42 Å². The van der Waals surface area contributed by atoms with Crippen molar-refractivity contribution in [3.63, 3.8) is 0 Å². The normalized spacial score (nSPS) is 22.2. The molecule has 1 aliphatic rings. The maximum absolute atomic E-state index is 5.75. The Morgan fingerprint density at radius 2 is 2.00 bits per heavy atom. The molecule has 0 unspecified atom stereocenters. The third-order valence-corrected chi connectivity index (χ3v) is 2.14. The Kier molecular flexibility index (Phi) is 3.13. The Morgan fingerprint density at radius 3 is 2.42 bits per heavy atom. The van der Waals surface area contributed by atoms with Crippen LogP contribution in [0.5, 0.6) is 0 Å². The van der Waals surface area contributed by atoms with Crippen LogP contribution in [0.2, 0.25) is 0 Å². The van der Waals surface area contributed by atoms with Gasteiger partial charge in [0.2, 0.25) is 0 Å². The van der Waals surface area contributed by atoms with Crippen molar-refractivity contribution in [2.45, 2.75) is 38.4 Å². The van der Waals surface area contributed by atoms with E-state index >= 15 is 0 Å². The van der Waals surface area contributed by atoms with E-state index in [0.29, 0.717) is 0 Å². The van der Waals surface area contributed by atoms with Crippen molar-refractivity contribution in [3.8, 4) is 12.3 Å². The van der Waals surface area contributed by atoms with Crippen molar-refractivity contribution in [1.82, 2.24) is 5.32 Å². The maximum atomic E-state index is 5.75. The van der Waals surface area contributed by atoms with Gasteiger partial charge in [-0.1, -0.05) is 5.92 Å². The second-order valence-electron chi connectivity index (χ2n) is 3.56. The molecule has 1 aliphatic heterocycles. The molecule has 0 amide bonds. The minimum absolute atomic E-state index is 0.221. The Bertz CT molecular complexity index is 175. The molecule has 1 N–H and O–H groups in total. The highest BCUT2D eigenvalue weighted by molar-refractivity contribution is 5.10. The van der Waals surface area contributed by atoms with Crippen molar-refractivity contribution in [1.29, 1.82) is 0 Å². The van der Waals surface area contributed by atoms with Crippen molar-refractivity contribution >= 4 is 0 Å². The van der Waals surface area contributed by atoms with Crippen LogP contribution in [-0.4, -0.2) is 24.8 Å². The Labute approximate surface area is 74.7 Å². The zero-order chi connectivity index (χ0) is 9.03. The molecule has 0 aliphatic carbocycles. The van der Waals surface area contributed by atoms with E-state index in [1.54, 1.807) is 0 Å². The third kappa shape index (κ3) is 2.23. The molecule has 0 bridgehead atoms. The monoisotopic (exact) mass is 167 g/mol. The Hall–Kier alpha value is -0.520. The number of terminal acetylenes is 1. The van der Waals surface area contributed by atoms with Crippen LogP contribution in [0.15, 0.2) is 0 Å². The SMILES string of the molecule is C#CC1(OC(C)C)CCNCC1. The lowest BCUT2D eigenvalue weighted by Crippen LogP contribution is -2.44. The summed E-state index contributed by atoms with van der Waals surface area (Å²) >= 11 is 0. The lowest BCUT2D eigenvalue weighted by Gasteiger charge is -2.34. The van der Waals surface area contributed by atoms with Crippen LogP contribution in [0.1, 0.15) is 26.7 Å². The van der Waals surface area contributed by atoms with Gasteiger partial charge in [0, 0.05) is 12.8 Å². The highest BCUT2D eigenvalue weighted by Gasteiger charge is 2.31. The first-order valence-corrected chi connectivity index (χ1v) is 4.55. The highest BCUT2D eigenvalue weighted by atomic mass is 16.5. The number of piperidine rings is 1. The first-order chi connectivity index (χ1) is 5.68. The summed E-state index contributed by atoms with van der Waals surface area (Å²) in [6.07, 6.45) is 7.57. The molecule has 0 atom stereocenters. The molecule has 1 saturated heterocycles. The van der Waals surface area contributed by atoms with E-state index in [1.807, 2.05) is 13.8 Å². The number of hydrogen-bond acceptors (Lipinski definition) is 2. The van der Waals surface area contributed by atoms with E-state index < -0.39 is 0 Å². The van der Waals surface area contributed by atoms with E-state index in [2.05, 4.69) is 11.2 Å². The molecule has 12 heavy (non-hydrogen) atoms. The van der Waals surface area contributed by atoms with Crippen molar-refractivity contribution in [2.24, 2.45) is 0 Å². The molecule has 0 spiro atoms. The molecule has 0 saturated carbocycles.